The fourth-order valence-corrected chi connectivity index (χ4v) is 3.76. The van der Waals surface area contributed by atoms with Crippen LogP contribution < -0.4 is 5.32 Å². The van der Waals surface area contributed by atoms with E-state index in [0.717, 1.165) is 27.9 Å². The number of benzene rings is 2. The lowest BCUT2D eigenvalue weighted by molar-refractivity contribution is 0.0958. The Bertz CT molecular complexity index is 1080. The van der Waals surface area contributed by atoms with Gasteiger partial charge in [0.2, 0.25) is 0 Å². The first-order valence-corrected chi connectivity index (χ1v) is 10.1. The number of carbonyl (C=O) groups is 1. The summed E-state index contributed by atoms with van der Waals surface area (Å²) in [6.07, 6.45) is 3.48. The van der Waals surface area contributed by atoms with Gasteiger partial charge in [0.1, 0.15) is 0 Å². The number of pyridine rings is 2. The quantitative estimate of drug-likeness (QED) is 0.382. The zero-order valence-corrected chi connectivity index (χ0v) is 16.0. The zero-order valence-electron chi connectivity index (χ0n) is 15.2. The summed E-state index contributed by atoms with van der Waals surface area (Å²) in [6.45, 7) is 0.595. The second-order valence-electron chi connectivity index (χ2n) is 6.23. The molecule has 4 aromatic rings. The normalized spacial score (nSPS) is 10.7. The van der Waals surface area contributed by atoms with Crippen molar-refractivity contribution in [1.29, 1.82) is 0 Å². The van der Waals surface area contributed by atoms with Gasteiger partial charge in [-0.3, -0.25) is 9.78 Å². The predicted octanol–water partition coefficient (Wildman–Crippen LogP) is 4.82. The molecule has 0 spiro atoms. The first kappa shape index (κ1) is 18.2. The van der Waals surface area contributed by atoms with Crippen LogP contribution in [0.5, 0.6) is 0 Å². The molecule has 0 aliphatic rings. The number of aromatic nitrogens is 2. The van der Waals surface area contributed by atoms with Crippen LogP contribution in [-0.4, -0.2) is 28.2 Å². The van der Waals surface area contributed by atoms with Crippen molar-refractivity contribution in [3.8, 4) is 11.3 Å². The van der Waals surface area contributed by atoms with E-state index in [4.69, 9.17) is 4.98 Å². The summed E-state index contributed by atoms with van der Waals surface area (Å²) in [5.41, 5.74) is 3.07. The number of para-hydroxylation sites is 1. The molecule has 0 radical (unpaired) electrons. The lowest BCUT2D eigenvalue weighted by Crippen LogP contribution is -2.26. The Morgan fingerprint density at radius 2 is 1.79 bits per heavy atom. The van der Waals surface area contributed by atoms with E-state index in [0.29, 0.717) is 12.1 Å². The third-order valence-electron chi connectivity index (χ3n) is 4.32. The fraction of sp³-hybridized carbons (Fsp3) is 0.0870. The molecule has 0 saturated heterocycles. The molecule has 2 aromatic heterocycles. The molecule has 1 N–H and O–H groups in total. The van der Waals surface area contributed by atoms with Gasteiger partial charge in [0.05, 0.1) is 16.8 Å². The molecule has 0 aliphatic heterocycles. The third-order valence-corrected chi connectivity index (χ3v) is 5.33. The van der Waals surface area contributed by atoms with Crippen molar-refractivity contribution in [2.24, 2.45) is 0 Å². The highest BCUT2D eigenvalue weighted by Gasteiger charge is 2.13. The number of hydrogen-bond donors (Lipinski definition) is 1. The van der Waals surface area contributed by atoms with E-state index in [-0.39, 0.29) is 5.91 Å². The number of amides is 1. The van der Waals surface area contributed by atoms with Crippen LogP contribution in [0.2, 0.25) is 0 Å². The number of fused-ring (bicyclic) bond motifs is 1. The largest absolute Gasteiger partial charge is 0.351 e. The summed E-state index contributed by atoms with van der Waals surface area (Å²) >= 11 is 1.73. The molecule has 2 aromatic carbocycles. The van der Waals surface area contributed by atoms with Gasteiger partial charge in [0.15, 0.2) is 0 Å². The summed E-state index contributed by atoms with van der Waals surface area (Å²) in [5.74, 6) is 0.728. The molecule has 138 valence electrons. The Kier molecular flexibility index (Phi) is 5.64. The predicted molar refractivity (Wildman–Crippen MR) is 114 cm³/mol. The second-order valence-corrected chi connectivity index (χ2v) is 7.40. The molecule has 0 aliphatic carbocycles. The Hall–Kier alpha value is -3.18. The van der Waals surface area contributed by atoms with E-state index in [1.54, 1.807) is 24.2 Å². The summed E-state index contributed by atoms with van der Waals surface area (Å²) in [6, 6.07) is 23.6. The minimum Gasteiger partial charge on any atom is -0.351 e. The van der Waals surface area contributed by atoms with E-state index in [9.17, 15) is 4.79 Å². The van der Waals surface area contributed by atoms with Crippen molar-refractivity contribution >= 4 is 28.6 Å². The van der Waals surface area contributed by atoms with Crippen molar-refractivity contribution in [2.45, 2.75) is 4.90 Å². The van der Waals surface area contributed by atoms with Gasteiger partial charge in [-0.1, -0.05) is 36.4 Å². The smallest absolute Gasteiger partial charge is 0.252 e. The highest BCUT2D eigenvalue weighted by molar-refractivity contribution is 7.99. The Morgan fingerprint density at radius 1 is 0.964 bits per heavy atom. The minimum absolute atomic E-state index is 0.0857. The second kappa shape index (κ2) is 8.67. The minimum atomic E-state index is -0.0857. The number of rotatable bonds is 6. The number of nitrogens with one attached hydrogen (secondary N) is 1. The maximum Gasteiger partial charge on any atom is 0.252 e. The standard InChI is InChI=1S/C23H19N3OS/c27-23(25-13-14-28-18-8-2-1-3-9-18)20-15-22(17-7-6-12-24-16-17)26-21-11-5-4-10-19(20)21/h1-12,15-16H,13-14H2,(H,25,27). The lowest BCUT2D eigenvalue weighted by Gasteiger charge is -2.10. The van der Waals surface area contributed by atoms with Crippen molar-refractivity contribution in [2.75, 3.05) is 12.3 Å². The Balaban J connectivity index is 1.54. The maximum atomic E-state index is 12.9. The summed E-state index contributed by atoms with van der Waals surface area (Å²) in [7, 11) is 0. The molecule has 0 fully saturated rings. The molecule has 0 atom stereocenters. The first-order valence-electron chi connectivity index (χ1n) is 9.07. The molecule has 4 rings (SSSR count). The number of carbonyl (C=O) groups excluding carboxylic acids is 1. The molecule has 1 amide bonds. The third kappa shape index (κ3) is 4.21. The number of hydrogen-bond acceptors (Lipinski definition) is 4. The maximum absolute atomic E-state index is 12.9. The molecule has 4 nitrogen and oxygen atoms in total. The van der Waals surface area contributed by atoms with Crippen molar-refractivity contribution < 1.29 is 4.79 Å². The SMILES string of the molecule is O=C(NCCSc1ccccc1)c1cc(-c2cccnc2)nc2ccccc12. The van der Waals surface area contributed by atoms with Gasteiger partial charge in [0.25, 0.3) is 5.91 Å². The van der Waals surface area contributed by atoms with Crippen LogP contribution in [0.3, 0.4) is 0 Å². The number of thioether (sulfide) groups is 1. The zero-order chi connectivity index (χ0) is 19.2. The van der Waals surface area contributed by atoms with Crippen LogP contribution in [0.25, 0.3) is 22.2 Å². The average molecular weight is 385 g/mol. The summed E-state index contributed by atoms with van der Waals surface area (Å²) < 4.78 is 0. The van der Waals surface area contributed by atoms with Crippen molar-refractivity contribution in [3.05, 3.63) is 90.8 Å². The van der Waals surface area contributed by atoms with E-state index in [1.165, 1.54) is 4.90 Å². The van der Waals surface area contributed by atoms with Gasteiger partial charge in [-0.25, -0.2) is 4.98 Å². The van der Waals surface area contributed by atoms with E-state index in [2.05, 4.69) is 22.4 Å². The number of nitrogens with zero attached hydrogens (tertiary/aromatic N) is 2. The van der Waals surface area contributed by atoms with Gasteiger partial charge in [-0.05, 0) is 36.4 Å². The van der Waals surface area contributed by atoms with Gasteiger partial charge >= 0.3 is 0 Å². The van der Waals surface area contributed by atoms with Crippen LogP contribution in [-0.2, 0) is 0 Å². The van der Waals surface area contributed by atoms with E-state index >= 15 is 0 Å². The average Bonchev–Trinajstić information content (AvgIpc) is 2.77. The summed E-state index contributed by atoms with van der Waals surface area (Å²) in [5, 5.41) is 3.89. The molecule has 2 heterocycles. The lowest BCUT2D eigenvalue weighted by atomic mass is 10.0. The van der Waals surface area contributed by atoms with Crippen LogP contribution in [0.15, 0.2) is 90.1 Å². The van der Waals surface area contributed by atoms with Gasteiger partial charge in [-0.2, -0.15) is 0 Å². The molecule has 0 unspecified atom stereocenters. The van der Waals surface area contributed by atoms with E-state index in [1.807, 2.05) is 60.7 Å². The van der Waals surface area contributed by atoms with Crippen molar-refractivity contribution in [1.82, 2.24) is 15.3 Å². The molecule has 5 heteroatoms. The van der Waals surface area contributed by atoms with E-state index < -0.39 is 0 Å². The molecular formula is C23H19N3OS. The monoisotopic (exact) mass is 385 g/mol. The molecule has 0 bridgehead atoms. The van der Waals surface area contributed by atoms with Crippen LogP contribution in [0.4, 0.5) is 0 Å². The first-order chi connectivity index (χ1) is 13.8. The molecule has 28 heavy (non-hydrogen) atoms. The highest BCUT2D eigenvalue weighted by atomic mass is 32.2. The van der Waals surface area contributed by atoms with Gasteiger partial charge in [-0.15, -0.1) is 11.8 Å². The summed E-state index contributed by atoms with van der Waals surface area (Å²) in [4.78, 5) is 23.0. The van der Waals surface area contributed by atoms with Crippen LogP contribution >= 0.6 is 11.8 Å². The fourth-order valence-electron chi connectivity index (χ4n) is 2.97. The van der Waals surface area contributed by atoms with Gasteiger partial charge < -0.3 is 5.32 Å². The molecule has 0 saturated carbocycles. The highest BCUT2D eigenvalue weighted by Crippen LogP contribution is 2.24. The van der Waals surface area contributed by atoms with Crippen LogP contribution in [0, 0.1) is 0 Å². The Morgan fingerprint density at radius 3 is 2.61 bits per heavy atom. The van der Waals surface area contributed by atoms with Gasteiger partial charge in [0, 0.05) is 40.5 Å². The Labute approximate surface area is 168 Å². The topological polar surface area (TPSA) is 54.9 Å². The van der Waals surface area contributed by atoms with Crippen molar-refractivity contribution in [3.63, 3.8) is 0 Å². The molecular weight excluding hydrogens is 366 g/mol. The van der Waals surface area contributed by atoms with Crippen LogP contribution in [0.1, 0.15) is 10.4 Å².